The topological polar surface area (TPSA) is 52.5 Å². The molecule has 2 rings (SSSR count). The van der Waals surface area contributed by atoms with E-state index in [1.807, 2.05) is 28.9 Å². The molecule has 0 aromatic carbocycles. The molecule has 0 aliphatic carbocycles. The fourth-order valence-corrected chi connectivity index (χ4v) is 1.47. The zero-order valence-corrected chi connectivity index (χ0v) is 8.10. The number of aromatic nitrogens is 2. The van der Waals surface area contributed by atoms with Gasteiger partial charge in [-0.3, -0.25) is 0 Å². The number of nitrogens with two attached hydrogens (primary N) is 1. The maximum absolute atomic E-state index is 5.50. The van der Waals surface area contributed by atoms with Crippen LogP contribution in [0.4, 0.5) is 0 Å². The van der Waals surface area contributed by atoms with E-state index in [2.05, 4.69) is 4.98 Å². The standard InChI is InChI=1S/C10H13N3O/c1-14-9-3-5-13-8(2-4-11)7-12-10(13)6-9/h3,5-7H,2,4,11H2,1H3. The van der Waals surface area contributed by atoms with E-state index in [9.17, 15) is 0 Å². The maximum atomic E-state index is 5.50. The average Bonchev–Trinajstić information content (AvgIpc) is 2.61. The fraction of sp³-hybridized carbons (Fsp3) is 0.300. The lowest BCUT2D eigenvalue weighted by Crippen LogP contribution is -2.04. The summed E-state index contributed by atoms with van der Waals surface area (Å²) >= 11 is 0. The van der Waals surface area contributed by atoms with Gasteiger partial charge in [0.15, 0.2) is 0 Å². The normalized spacial score (nSPS) is 10.7. The number of hydrogen-bond acceptors (Lipinski definition) is 3. The van der Waals surface area contributed by atoms with Gasteiger partial charge >= 0.3 is 0 Å². The van der Waals surface area contributed by atoms with Crippen LogP contribution >= 0.6 is 0 Å². The van der Waals surface area contributed by atoms with Crippen molar-refractivity contribution in [1.29, 1.82) is 0 Å². The van der Waals surface area contributed by atoms with E-state index < -0.39 is 0 Å². The summed E-state index contributed by atoms with van der Waals surface area (Å²) in [5.41, 5.74) is 7.53. The molecule has 0 amide bonds. The number of nitrogens with zero attached hydrogens (tertiary/aromatic N) is 2. The molecule has 2 heterocycles. The van der Waals surface area contributed by atoms with Gasteiger partial charge in [-0.1, -0.05) is 0 Å². The van der Waals surface area contributed by atoms with Crippen LogP contribution in [-0.2, 0) is 6.42 Å². The molecule has 0 aliphatic rings. The molecule has 2 N–H and O–H groups in total. The smallest absolute Gasteiger partial charge is 0.140 e. The van der Waals surface area contributed by atoms with Gasteiger partial charge in [-0.05, 0) is 12.6 Å². The molecule has 0 aliphatic heterocycles. The van der Waals surface area contributed by atoms with Crippen LogP contribution in [0.2, 0.25) is 0 Å². The first-order valence-corrected chi connectivity index (χ1v) is 4.55. The summed E-state index contributed by atoms with van der Waals surface area (Å²) in [6.07, 6.45) is 4.64. The Morgan fingerprint density at radius 3 is 3.14 bits per heavy atom. The Labute approximate surface area is 82.3 Å². The number of methoxy groups -OCH3 is 1. The van der Waals surface area contributed by atoms with Gasteiger partial charge < -0.3 is 14.9 Å². The van der Waals surface area contributed by atoms with Crippen LogP contribution in [-0.4, -0.2) is 23.0 Å². The molecule has 0 bridgehead atoms. The lowest BCUT2D eigenvalue weighted by atomic mass is 10.3. The highest BCUT2D eigenvalue weighted by Gasteiger charge is 2.02. The van der Waals surface area contributed by atoms with Gasteiger partial charge in [0.2, 0.25) is 0 Å². The molecular weight excluding hydrogens is 178 g/mol. The Balaban J connectivity index is 2.48. The summed E-state index contributed by atoms with van der Waals surface area (Å²) in [7, 11) is 1.65. The summed E-state index contributed by atoms with van der Waals surface area (Å²) in [6, 6.07) is 3.81. The molecule has 0 radical (unpaired) electrons. The van der Waals surface area contributed by atoms with Gasteiger partial charge in [0.25, 0.3) is 0 Å². The molecule has 74 valence electrons. The predicted octanol–water partition coefficient (Wildman–Crippen LogP) is 0.844. The molecule has 0 atom stereocenters. The highest BCUT2D eigenvalue weighted by molar-refractivity contribution is 5.45. The number of fused-ring (bicyclic) bond motifs is 1. The Bertz CT molecular complexity index is 436. The highest BCUT2D eigenvalue weighted by atomic mass is 16.5. The van der Waals surface area contributed by atoms with Crippen molar-refractivity contribution in [2.75, 3.05) is 13.7 Å². The number of hydrogen-bond donors (Lipinski definition) is 1. The van der Waals surface area contributed by atoms with Gasteiger partial charge in [-0.15, -0.1) is 0 Å². The maximum Gasteiger partial charge on any atom is 0.140 e. The first-order valence-electron chi connectivity index (χ1n) is 4.55. The minimum atomic E-state index is 0.639. The highest BCUT2D eigenvalue weighted by Crippen LogP contribution is 2.14. The largest absolute Gasteiger partial charge is 0.497 e. The van der Waals surface area contributed by atoms with Gasteiger partial charge in [0.05, 0.1) is 7.11 Å². The third kappa shape index (κ3) is 1.44. The van der Waals surface area contributed by atoms with Crippen molar-refractivity contribution in [3.05, 3.63) is 30.2 Å². The minimum absolute atomic E-state index is 0.639. The van der Waals surface area contributed by atoms with Crippen molar-refractivity contribution in [3.63, 3.8) is 0 Å². The molecule has 0 spiro atoms. The van der Waals surface area contributed by atoms with E-state index in [1.54, 1.807) is 7.11 Å². The Kier molecular flexibility index (Phi) is 2.37. The van der Waals surface area contributed by atoms with E-state index in [4.69, 9.17) is 10.5 Å². The summed E-state index contributed by atoms with van der Waals surface area (Å²) in [5.74, 6) is 0.822. The summed E-state index contributed by atoms with van der Waals surface area (Å²) in [6.45, 7) is 0.639. The second kappa shape index (κ2) is 3.67. The average molecular weight is 191 g/mol. The van der Waals surface area contributed by atoms with Gasteiger partial charge in [0, 0.05) is 30.6 Å². The van der Waals surface area contributed by atoms with Crippen molar-refractivity contribution in [2.24, 2.45) is 5.73 Å². The number of ether oxygens (including phenoxy) is 1. The molecule has 14 heavy (non-hydrogen) atoms. The lowest BCUT2D eigenvalue weighted by Gasteiger charge is -2.02. The SMILES string of the molecule is COc1ccn2c(CCN)cnc2c1. The summed E-state index contributed by atoms with van der Waals surface area (Å²) < 4.78 is 7.14. The Hall–Kier alpha value is -1.55. The number of pyridine rings is 1. The first-order chi connectivity index (χ1) is 6.85. The van der Waals surface area contributed by atoms with E-state index in [0.29, 0.717) is 6.54 Å². The van der Waals surface area contributed by atoms with Crippen molar-refractivity contribution in [3.8, 4) is 5.75 Å². The monoisotopic (exact) mass is 191 g/mol. The van der Waals surface area contributed by atoms with Crippen molar-refractivity contribution < 1.29 is 4.74 Å². The van der Waals surface area contributed by atoms with Crippen molar-refractivity contribution in [1.82, 2.24) is 9.38 Å². The first kappa shape index (κ1) is 9.02. The minimum Gasteiger partial charge on any atom is -0.497 e. The lowest BCUT2D eigenvalue weighted by molar-refractivity contribution is 0.414. The van der Waals surface area contributed by atoms with Crippen LogP contribution in [0.15, 0.2) is 24.5 Å². The van der Waals surface area contributed by atoms with Gasteiger partial charge in [0.1, 0.15) is 11.4 Å². The van der Waals surface area contributed by atoms with Crippen LogP contribution in [0.1, 0.15) is 5.69 Å². The summed E-state index contributed by atoms with van der Waals surface area (Å²) in [5, 5.41) is 0. The van der Waals surface area contributed by atoms with E-state index in [1.165, 1.54) is 0 Å². The Morgan fingerprint density at radius 2 is 2.43 bits per heavy atom. The van der Waals surface area contributed by atoms with Gasteiger partial charge in [-0.2, -0.15) is 0 Å². The van der Waals surface area contributed by atoms with Crippen LogP contribution in [0.3, 0.4) is 0 Å². The molecule has 0 unspecified atom stereocenters. The zero-order valence-electron chi connectivity index (χ0n) is 8.10. The van der Waals surface area contributed by atoms with Crippen molar-refractivity contribution in [2.45, 2.75) is 6.42 Å². The molecule has 4 heteroatoms. The Morgan fingerprint density at radius 1 is 1.57 bits per heavy atom. The molecule has 0 fully saturated rings. The molecule has 0 saturated carbocycles. The second-order valence-corrected chi connectivity index (χ2v) is 3.08. The van der Waals surface area contributed by atoms with Crippen LogP contribution in [0.25, 0.3) is 5.65 Å². The molecule has 2 aromatic rings. The van der Waals surface area contributed by atoms with E-state index in [0.717, 1.165) is 23.5 Å². The van der Waals surface area contributed by atoms with Crippen molar-refractivity contribution >= 4 is 5.65 Å². The van der Waals surface area contributed by atoms with Crippen LogP contribution < -0.4 is 10.5 Å². The summed E-state index contributed by atoms with van der Waals surface area (Å²) in [4.78, 5) is 4.27. The van der Waals surface area contributed by atoms with Gasteiger partial charge in [-0.25, -0.2) is 4.98 Å². The third-order valence-electron chi connectivity index (χ3n) is 2.20. The van der Waals surface area contributed by atoms with E-state index >= 15 is 0 Å². The predicted molar refractivity (Wildman–Crippen MR) is 54.5 cm³/mol. The zero-order chi connectivity index (χ0) is 9.97. The molecule has 2 aromatic heterocycles. The second-order valence-electron chi connectivity index (χ2n) is 3.08. The van der Waals surface area contributed by atoms with Crippen LogP contribution in [0.5, 0.6) is 5.75 Å². The third-order valence-corrected chi connectivity index (χ3v) is 2.20. The number of imidazole rings is 1. The number of rotatable bonds is 3. The van der Waals surface area contributed by atoms with E-state index in [-0.39, 0.29) is 0 Å². The fourth-order valence-electron chi connectivity index (χ4n) is 1.47. The molecule has 0 saturated heterocycles. The molecule has 4 nitrogen and oxygen atoms in total. The molecular formula is C10H13N3O. The quantitative estimate of drug-likeness (QED) is 0.782. The van der Waals surface area contributed by atoms with Crippen LogP contribution in [0, 0.1) is 0 Å².